The molecule has 2 atom stereocenters. The Morgan fingerprint density at radius 2 is 1.57 bits per heavy atom. The average Bonchev–Trinajstić information content (AvgIpc) is 2.74. The Kier molecular flexibility index (Phi) is 5.43. The first kappa shape index (κ1) is 18.3. The molecule has 0 fully saturated rings. The predicted octanol–water partition coefficient (Wildman–Crippen LogP) is 5.60. The molecule has 3 heteroatoms. The van der Waals surface area contributed by atoms with E-state index in [1.165, 1.54) is 11.1 Å². The zero-order valence-corrected chi connectivity index (χ0v) is 16.2. The number of rotatable bonds is 5. The van der Waals surface area contributed by atoms with E-state index in [9.17, 15) is 4.79 Å². The molecule has 1 N–H and O–H groups in total. The Labute approximate surface area is 167 Å². The summed E-state index contributed by atoms with van der Waals surface area (Å²) in [6, 6.07) is 29.2. The minimum Gasteiger partial charge on any atom is -0.378 e. The molecule has 1 aliphatic rings. The second-order valence-electron chi connectivity index (χ2n) is 7.46. The van der Waals surface area contributed by atoms with Crippen LogP contribution in [0, 0.1) is 0 Å². The Morgan fingerprint density at radius 1 is 0.929 bits per heavy atom. The van der Waals surface area contributed by atoms with Crippen LogP contribution in [-0.2, 0) is 11.2 Å². The summed E-state index contributed by atoms with van der Waals surface area (Å²) in [6.45, 7) is 2.15. The SMILES string of the molecule is C[C@H]1C[C@H](Nc2ccccc2)c2ccccc2N1C(=O)CCc1ccccc1. The van der Waals surface area contributed by atoms with Gasteiger partial charge in [0.15, 0.2) is 0 Å². The molecule has 3 aromatic carbocycles. The number of amides is 1. The highest BCUT2D eigenvalue weighted by molar-refractivity contribution is 5.95. The number of nitrogens with zero attached hydrogens (tertiary/aromatic N) is 1. The van der Waals surface area contributed by atoms with E-state index in [1.54, 1.807) is 0 Å². The number of benzene rings is 3. The van der Waals surface area contributed by atoms with Crippen molar-refractivity contribution >= 4 is 17.3 Å². The Hall–Kier alpha value is -3.07. The van der Waals surface area contributed by atoms with Crippen molar-refractivity contribution in [2.75, 3.05) is 10.2 Å². The van der Waals surface area contributed by atoms with Crippen molar-refractivity contribution in [1.82, 2.24) is 0 Å². The Bertz CT molecular complexity index is 924. The molecule has 28 heavy (non-hydrogen) atoms. The van der Waals surface area contributed by atoms with Crippen LogP contribution in [0.25, 0.3) is 0 Å². The van der Waals surface area contributed by atoms with Crippen molar-refractivity contribution in [3.05, 3.63) is 96.1 Å². The summed E-state index contributed by atoms with van der Waals surface area (Å²) in [4.78, 5) is 15.1. The first-order valence-electron chi connectivity index (χ1n) is 9.99. The number of carbonyl (C=O) groups excluding carboxylic acids is 1. The van der Waals surface area contributed by atoms with Gasteiger partial charge in [0, 0.05) is 23.8 Å². The molecule has 0 aliphatic carbocycles. The van der Waals surface area contributed by atoms with E-state index in [1.807, 2.05) is 47.4 Å². The monoisotopic (exact) mass is 370 g/mol. The van der Waals surface area contributed by atoms with Crippen molar-refractivity contribution in [1.29, 1.82) is 0 Å². The lowest BCUT2D eigenvalue weighted by Crippen LogP contribution is -2.44. The van der Waals surface area contributed by atoms with Crippen LogP contribution in [0.3, 0.4) is 0 Å². The van der Waals surface area contributed by atoms with Gasteiger partial charge >= 0.3 is 0 Å². The molecule has 0 aromatic heterocycles. The summed E-state index contributed by atoms with van der Waals surface area (Å²) >= 11 is 0. The zero-order valence-electron chi connectivity index (χ0n) is 16.2. The van der Waals surface area contributed by atoms with Crippen LogP contribution in [0.4, 0.5) is 11.4 Å². The van der Waals surface area contributed by atoms with Crippen molar-refractivity contribution < 1.29 is 4.79 Å². The van der Waals surface area contributed by atoms with Gasteiger partial charge in [0.05, 0.1) is 6.04 Å². The molecule has 1 amide bonds. The Balaban J connectivity index is 1.54. The minimum atomic E-state index is 0.152. The van der Waals surface area contributed by atoms with Gasteiger partial charge < -0.3 is 10.2 Å². The molecule has 3 nitrogen and oxygen atoms in total. The number of para-hydroxylation sites is 2. The lowest BCUT2D eigenvalue weighted by molar-refractivity contribution is -0.119. The number of anilines is 2. The van der Waals surface area contributed by atoms with Crippen molar-refractivity contribution in [2.24, 2.45) is 0 Å². The van der Waals surface area contributed by atoms with Gasteiger partial charge in [0.2, 0.25) is 5.91 Å². The predicted molar refractivity (Wildman–Crippen MR) is 116 cm³/mol. The fraction of sp³-hybridized carbons (Fsp3) is 0.240. The van der Waals surface area contributed by atoms with E-state index in [-0.39, 0.29) is 18.0 Å². The average molecular weight is 370 g/mol. The molecule has 0 saturated carbocycles. The van der Waals surface area contributed by atoms with E-state index in [0.29, 0.717) is 6.42 Å². The normalized spacial score (nSPS) is 18.4. The molecule has 142 valence electrons. The maximum absolute atomic E-state index is 13.1. The summed E-state index contributed by atoms with van der Waals surface area (Å²) in [5.41, 5.74) is 4.54. The number of carbonyl (C=O) groups is 1. The highest BCUT2D eigenvalue weighted by Gasteiger charge is 2.33. The summed E-state index contributed by atoms with van der Waals surface area (Å²) in [7, 11) is 0. The summed E-state index contributed by atoms with van der Waals surface area (Å²) in [5, 5.41) is 3.65. The fourth-order valence-electron chi connectivity index (χ4n) is 4.08. The molecule has 0 spiro atoms. The van der Waals surface area contributed by atoms with E-state index in [2.05, 4.69) is 54.7 Å². The highest BCUT2D eigenvalue weighted by atomic mass is 16.2. The van der Waals surface area contributed by atoms with Gasteiger partial charge in [-0.05, 0) is 49.1 Å². The van der Waals surface area contributed by atoms with Gasteiger partial charge in [0.25, 0.3) is 0 Å². The largest absolute Gasteiger partial charge is 0.378 e. The van der Waals surface area contributed by atoms with Crippen molar-refractivity contribution in [3.63, 3.8) is 0 Å². The molecule has 0 saturated heterocycles. The van der Waals surface area contributed by atoms with Crippen molar-refractivity contribution in [3.8, 4) is 0 Å². The van der Waals surface area contributed by atoms with E-state index < -0.39 is 0 Å². The van der Waals surface area contributed by atoms with Crippen LogP contribution >= 0.6 is 0 Å². The molecule has 4 rings (SSSR count). The number of fused-ring (bicyclic) bond motifs is 1. The lowest BCUT2D eigenvalue weighted by Gasteiger charge is -2.40. The molecule has 0 radical (unpaired) electrons. The standard InChI is InChI=1S/C25H26N2O/c1-19-18-23(26-21-12-6-3-7-13-21)22-14-8-9-15-24(22)27(19)25(28)17-16-20-10-4-2-5-11-20/h2-15,19,23,26H,16-18H2,1H3/t19-,23-/m0/s1. The molecular formula is C25H26N2O. The van der Waals surface area contributed by atoms with Gasteiger partial charge in [-0.25, -0.2) is 0 Å². The molecule has 3 aromatic rings. The van der Waals surface area contributed by atoms with E-state index >= 15 is 0 Å². The highest BCUT2D eigenvalue weighted by Crippen LogP contribution is 2.39. The van der Waals surface area contributed by atoms with Gasteiger partial charge in [-0.1, -0.05) is 66.7 Å². The number of nitrogens with one attached hydrogen (secondary N) is 1. The van der Waals surface area contributed by atoms with Crippen LogP contribution in [0.2, 0.25) is 0 Å². The molecular weight excluding hydrogens is 344 g/mol. The summed E-state index contributed by atoms with van der Waals surface area (Å²) in [5.74, 6) is 0.196. The second-order valence-corrected chi connectivity index (χ2v) is 7.46. The van der Waals surface area contributed by atoms with Gasteiger partial charge in [-0.2, -0.15) is 0 Å². The van der Waals surface area contributed by atoms with E-state index in [4.69, 9.17) is 0 Å². The van der Waals surface area contributed by atoms with Crippen LogP contribution < -0.4 is 10.2 Å². The molecule has 1 aliphatic heterocycles. The third-order valence-corrected chi connectivity index (χ3v) is 5.44. The van der Waals surface area contributed by atoms with Crippen LogP contribution in [0.15, 0.2) is 84.9 Å². The lowest BCUT2D eigenvalue weighted by atomic mass is 9.91. The van der Waals surface area contributed by atoms with Crippen LogP contribution in [0.5, 0.6) is 0 Å². The first-order valence-corrected chi connectivity index (χ1v) is 9.99. The molecule has 1 heterocycles. The van der Waals surface area contributed by atoms with Gasteiger partial charge in [0.1, 0.15) is 0 Å². The molecule has 0 bridgehead atoms. The maximum Gasteiger partial charge on any atom is 0.227 e. The summed E-state index contributed by atoms with van der Waals surface area (Å²) < 4.78 is 0. The van der Waals surface area contributed by atoms with Gasteiger partial charge in [-0.15, -0.1) is 0 Å². The summed E-state index contributed by atoms with van der Waals surface area (Å²) in [6.07, 6.45) is 2.19. The second kappa shape index (κ2) is 8.30. The number of hydrogen-bond acceptors (Lipinski definition) is 2. The molecule has 0 unspecified atom stereocenters. The first-order chi connectivity index (χ1) is 13.7. The van der Waals surface area contributed by atoms with Gasteiger partial charge in [-0.3, -0.25) is 4.79 Å². The third-order valence-electron chi connectivity index (χ3n) is 5.44. The van der Waals surface area contributed by atoms with Crippen molar-refractivity contribution in [2.45, 2.75) is 38.3 Å². The number of hydrogen-bond donors (Lipinski definition) is 1. The fourth-order valence-corrected chi connectivity index (χ4v) is 4.08. The topological polar surface area (TPSA) is 32.3 Å². The quantitative estimate of drug-likeness (QED) is 0.634. The van der Waals surface area contributed by atoms with Crippen LogP contribution in [-0.4, -0.2) is 11.9 Å². The Morgan fingerprint density at radius 3 is 2.32 bits per heavy atom. The minimum absolute atomic E-state index is 0.152. The zero-order chi connectivity index (χ0) is 19.3. The maximum atomic E-state index is 13.1. The third kappa shape index (κ3) is 3.94. The smallest absolute Gasteiger partial charge is 0.227 e. The van der Waals surface area contributed by atoms with E-state index in [0.717, 1.165) is 24.2 Å². The number of aryl methyl sites for hydroxylation is 1. The van der Waals surface area contributed by atoms with Crippen LogP contribution in [0.1, 0.15) is 36.9 Å².